The number of hydrogen-bond donors (Lipinski definition) is 1. The molecule has 0 radical (unpaired) electrons. The van der Waals surface area contributed by atoms with Crippen LogP contribution in [0.15, 0.2) is 0 Å². The lowest BCUT2D eigenvalue weighted by Gasteiger charge is -2.43. The van der Waals surface area contributed by atoms with Crippen LogP contribution in [0.5, 0.6) is 0 Å². The predicted molar refractivity (Wildman–Crippen MR) is 95.5 cm³/mol. The van der Waals surface area contributed by atoms with E-state index in [2.05, 4.69) is 4.74 Å². The number of carbonyl (C=O) groups excluding carboxylic acids is 2. The summed E-state index contributed by atoms with van der Waals surface area (Å²) in [6, 6.07) is -0.232. The van der Waals surface area contributed by atoms with Gasteiger partial charge in [-0.25, -0.2) is 4.79 Å². The molecule has 2 fully saturated rings. The monoisotopic (exact) mass is 415 g/mol. The number of methoxy groups -OCH3 is 1. The smallest absolute Gasteiger partial charge is 0.428 e. The highest BCUT2D eigenvalue weighted by molar-refractivity contribution is 5.89. The second-order valence-corrected chi connectivity index (χ2v) is 7.41. The van der Waals surface area contributed by atoms with Gasteiger partial charge in [-0.2, -0.15) is 13.2 Å². The van der Waals surface area contributed by atoms with Gasteiger partial charge in [0.2, 0.25) is 5.91 Å². The van der Waals surface area contributed by atoms with Crippen LogP contribution in [0, 0.1) is 0 Å². The number of esters is 1. The summed E-state index contributed by atoms with van der Waals surface area (Å²) in [5, 5.41) is 9.99. The van der Waals surface area contributed by atoms with Gasteiger partial charge in [0.1, 0.15) is 0 Å². The third-order valence-electron chi connectivity index (χ3n) is 5.62. The van der Waals surface area contributed by atoms with E-state index < -0.39 is 30.1 Å². The molecule has 2 saturated carbocycles. The van der Waals surface area contributed by atoms with Gasteiger partial charge < -0.3 is 14.7 Å². The highest BCUT2D eigenvalue weighted by atomic mass is 35.5. The Balaban J connectivity index is 0.00000364. The maximum atomic E-state index is 13.3. The average molecular weight is 416 g/mol. The zero-order valence-electron chi connectivity index (χ0n) is 15.6. The van der Waals surface area contributed by atoms with E-state index in [-0.39, 0.29) is 24.5 Å². The third-order valence-corrected chi connectivity index (χ3v) is 5.62. The fourth-order valence-corrected chi connectivity index (χ4v) is 4.19. The Labute approximate surface area is 164 Å². The lowest BCUT2D eigenvalue weighted by molar-refractivity contribution is -0.263. The fourth-order valence-electron chi connectivity index (χ4n) is 4.19. The zero-order valence-corrected chi connectivity index (χ0v) is 16.4. The molecular formula is C18H29ClF3NO4. The van der Waals surface area contributed by atoms with Crippen molar-refractivity contribution in [3.63, 3.8) is 0 Å². The molecule has 5 nitrogen and oxygen atoms in total. The van der Waals surface area contributed by atoms with E-state index in [0.717, 1.165) is 71.3 Å². The van der Waals surface area contributed by atoms with Crippen LogP contribution in [0.1, 0.15) is 70.6 Å². The summed E-state index contributed by atoms with van der Waals surface area (Å²) in [5.41, 5.74) is -3.81. The number of rotatable bonds is 5. The van der Waals surface area contributed by atoms with Crippen molar-refractivity contribution in [3.8, 4) is 0 Å². The van der Waals surface area contributed by atoms with Crippen molar-refractivity contribution >= 4 is 24.3 Å². The van der Waals surface area contributed by atoms with Crippen molar-refractivity contribution in [1.29, 1.82) is 0 Å². The molecule has 0 aromatic rings. The van der Waals surface area contributed by atoms with Gasteiger partial charge in [0, 0.05) is 12.1 Å². The molecule has 2 aliphatic rings. The van der Waals surface area contributed by atoms with Gasteiger partial charge in [0.15, 0.2) is 0 Å². The molecule has 158 valence electrons. The SMILES string of the molecule is COC(=O)C(O)(CC(=O)N(C1CCCCC1)C1CCCCC1)C(F)(F)F.Cl. The molecular weight excluding hydrogens is 387 g/mol. The van der Waals surface area contributed by atoms with Gasteiger partial charge in [0.05, 0.1) is 13.5 Å². The molecule has 2 rings (SSSR count). The van der Waals surface area contributed by atoms with Crippen molar-refractivity contribution in [2.75, 3.05) is 7.11 Å². The summed E-state index contributed by atoms with van der Waals surface area (Å²) < 4.78 is 44.1. The normalized spacial score (nSPS) is 21.7. The van der Waals surface area contributed by atoms with Gasteiger partial charge in [0.25, 0.3) is 5.60 Å². The van der Waals surface area contributed by atoms with E-state index in [1.54, 1.807) is 4.90 Å². The van der Waals surface area contributed by atoms with Gasteiger partial charge in [-0.15, -0.1) is 12.4 Å². The lowest BCUT2D eigenvalue weighted by atomic mass is 9.87. The molecule has 1 atom stereocenters. The van der Waals surface area contributed by atoms with Crippen LogP contribution in [0.25, 0.3) is 0 Å². The van der Waals surface area contributed by atoms with Crippen LogP contribution in [0.4, 0.5) is 13.2 Å². The van der Waals surface area contributed by atoms with E-state index in [1.807, 2.05) is 0 Å². The standard InChI is InChI=1S/C18H28F3NO4.ClH/c1-26-16(24)17(25,18(19,20)21)12-15(23)22(13-8-4-2-5-9-13)14-10-6-3-7-11-14;/h13-14,25H,2-12H2,1H3;1H. The van der Waals surface area contributed by atoms with E-state index >= 15 is 0 Å². The molecule has 9 heteroatoms. The Morgan fingerprint density at radius 2 is 1.37 bits per heavy atom. The number of aliphatic hydroxyl groups is 1. The summed E-state index contributed by atoms with van der Waals surface area (Å²) in [6.45, 7) is 0. The molecule has 0 spiro atoms. The van der Waals surface area contributed by atoms with Crippen LogP contribution in [0.3, 0.4) is 0 Å². The minimum atomic E-state index is -5.28. The first kappa shape index (κ1) is 24.0. The van der Waals surface area contributed by atoms with Gasteiger partial charge in [-0.3, -0.25) is 4.79 Å². The molecule has 0 aliphatic heterocycles. The molecule has 0 bridgehead atoms. The third kappa shape index (κ3) is 5.50. The van der Waals surface area contributed by atoms with Crippen LogP contribution >= 0.6 is 12.4 Å². The second kappa shape index (κ2) is 9.96. The number of nitrogens with zero attached hydrogens (tertiary/aromatic N) is 1. The van der Waals surface area contributed by atoms with Gasteiger partial charge in [-0.05, 0) is 25.7 Å². The van der Waals surface area contributed by atoms with Crippen molar-refractivity contribution in [1.82, 2.24) is 4.90 Å². The van der Waals surface area contributed by atoms with Crippen LogP contribution in [0.2, 0.25) is 0 Å². The summed E-state index contributed by atoms with van der Waals surface area (Å²) in [7, 11) is 0.767. The molecule has 1 amide bonds. The summed E-state index contributed by atoms with van der Waals surface area (Å²) in [6.07, 6.45) is 2.25. The maximum Gasteiger partial charge on any atom is 0.428 e. The van der Waals surface area contributed by atoms with Crippen molar-refractivity contribution in [2.45, 2.75) is 94.5 Å². The molecule has 1 unspecified atom stereocenters. The molecule has 1 N–H and O–H groups in total. The Kier molecular flexibility index (Phi) is 8.86. The zero-order chi connectivity index (χ0) is 19.4. The summed E-state index contributed by atoms with van der Waals surface area (Å²) in [4.78, 5) is 26.1. The highest BCUT2D eigenvalue weighted by Gasteiger charge is 2.62. The molecule has 0 aromatic carbocycles. The number of alkyl halides is 3. The quantitative estimate of drug-likeness (QED) is 0.694. The molecule has 0 saturated heterocycles. The van der Waals surface area contributed by atoms with Gasteiger partial charge in [-0.1, -0.05) is 38.5 Å². The van der Waals surface area contributed by atoms with E-state index in [0.29, 0.717) is 0 Å². The van der Waals surface area contributed by atoms with Crippen LogP contribution in [-0.4, -0.2) is 52.9 Å². The molecule has 0 aromatic heterocycles. The average Bonchev–Trinajstić information content (AvgIpc) is 2.62. The van der Waals surface area contributed by atoms with Crippen molar-refractivity contribution < 1.29 is 32.6 Å². The second-order valence-electron chi connectivity index (χ2n) is 7.41. The Morgan fingerprint density at radius 1 is 0.963 bits per heavy atom. The molecule has 0 heterocycles. The number of halogens is 4. The van der Waals surface area contributed by atoms with Crippen molar-refractivity contribution in [2.24, 2.45) is 0 Å². The van der Waals surface area contributed by atoms with Crippen molar-refractivity contribution in [3.05, 3.63) is 0 Å². The molecule has 27 heavy (non-hydrogen) atoms. The number of amides is 1. The Bertz CT molecular complexity index is 487. The van der Waals surface area contributed by atoms with Gasteiger partial charge >= 0.3 is 12.1 Å². The van der Waals surface area contributed by atoms with E-state index in [9.17, 15) is 27.9 Å². The number of carbonyl (C=O) groups is 2. The summed E-state index contributed by atoms with van der Waals surface area (Å²) in [5.74, 6) is -2.65. The Hall–Kier alpha value is -1.02. The number of hydrogen-bond acceptors (Lipinski definition) is 4. The number of ether oxygens (including phenoxy) is 1. The maximum absolute atomic E-state index is 13.3. The Morgan fingerprint density at radius 3 is 1.70 bits per heavy atom. The van der Waals surface area contributed by atoms with Crippen LogP contribution < -0.4 is 0 Å². The predicted octanol–water partition coefficient (Wildman–Crippen LogP) is 3.76. The first-order chi connectivity index (χ1) is 12.2. The highest BCUT2D eigenvalue weighted by Crippen LogP contribution is 2.37. The topological polar surface area (TPSA) is 66.8 Å². The summed E-state index contributed by atoms with van der Waals surface area (Å²) >= 11 is 0. The fraction of sp³-hybridized carbons (Fsp3) is 0.889. The lowest BCUT2D eigenvalue weighted by Crippen LogP contribution is -2.58. The first-order valence-corrected chi connectivity index (χ1v) is 9.39. The largest absolute Gasteiger partial charge is 0.467 e. The first-order valence-electron chi connectivity index (χ1n) is 9.39. The van der Waals surface area contributed by atoms with E-state index in [4.69, 9.17) is 0 Å². The minimum Gasteiger partial charge on any atom is -0.467 e. The minimum absolute atomic E-state index is 0. The molecule has 2 aliphatic carbocycles. The van der Waals surface area contributed by atoms with E-state index in [1.165, 1.54) is 0 Å². The van der Waals surface area contributed by atoms with Crippen LogP contribution in [-0.2, 0) is 14.3 Å².